The maximum atomic E-state index is 4.39. The average Bonchev–Trinajstić information content (AvgIpc) is 2.51. The Morgan fingerprint density at radius 3 is 1.50 bits per heavy atom. The van der Waals surface area contributed by atoms with E-state index in [2.05, 4.69) is 44.0 Å². The SMILES string of the molecule is c1ccc(CN2CCN(Cc3ccccn3)CC2)nc1. The summed E-state index contributed by atoms with van der Waals surface area (Å²) in [6.45, 7) is 6.32. The lowest BCUT2D eigenvalue weighted by atomic mass is 10.2. The monoisotopic (exact) mass is 268 g/mol. The maximum Gasteiger partial charge on any atom is 0.0543 e. The van der Waals surface area contributed by atoms with Gasteiger partial charge in [0.2, 0.25) is 0 Å². The van der Waals surface area contributed by atoms with Crippen molar-refractivity contribution in [1.82, 2.24) is 19.8 Å². The number of aromatic nitrogens is 2. The Morgan fingerprint density at radius 1 is 0.700 bits per heavy atom. The van der Waals surface area contributed by atoms with E-state index in [-0.39, 0.29) is 0 Å². The van der Waals surface area contributed by atoms with Gasteiger partial charge in [-0.25, -0.2) is 0 Å². The second kappa shape index (κ2) is 6.59. The summed E-state index contributed by atoms with van der Waals surface area (Å²) >= 11 is 0. The van der Waals surface area contributed by atoms with Gasteiger partial charge in [0.25, 0.3) is 0 Å². The van der Waals surface area contributed by atoms with Gasteiger partial charge in [0.15, 0.2) is 0 Å². The van der Waals surface area contributed by atoms with Gasteiger partial charge >= 0.3 is 0 Å². The molecule has 104 valence electrons. The largest absolute Gasteiger partial charge is 0.295 e. The standard InChI is InChI=1S/C16H20N4/c1-3-7-17-15(5-1)13-19-9-11-20(12-10-19)14-16-6-2-4-8-18-16/h1-8H,9-14H2. The zero-order valence-corrected chi connectivity index (χ0v) is 11.7. The summed E-state index contributed by atoms with van der Waals surface area (Å²) in [6.07, 6.45) is 3.74. The molecule has 1 fully saturated rings. The number of hydrogen-bond acceptors (Lipinski definition) is 4. The fraction of sp³-hybridized carbons (Fsp3) is 0.375. The van der Waals surface area contributed by atoms with Crippen LogP contribution < -0.4 is 0 Å². The highest BCUT2D eigenvalue weighted by atomic mass is 15.3. The molecule has 0 aromatic carbocycles. The van der Waals surface area contributed by atoms with Crippen molar-refractivity contribution in [3.8, 4) is 0 Å². The van der Waals surface area contributed by atoms with Crippen molar-refractivity contribution in [2.24, 2.45) is 0 Å². The minimum Gasteiger partial charge on any atom is -0.295 e. The second-order valence-electron chi connectivity index (χ2n) is 5.19. The molecule has 0 atom stereocenters. The molecular weight excluding hydrogens is 248 g/mol. The molecule has 1 aliphatic rings. The Balaban J connectivity index is 1.47. The first kappa shape index (κ1) is 13.2. The molecule has 2 aromatic heterocycles. The molecule has 0 amide bonds. The van der Waals surface area contributed by atoms with Crippen molar-refractivity contribution in [3.05, 3.63) is 60.2 Å². The molecule has 0 aliphatic carbocycles. The van der Waals surface area contributed by atoms with Crippen molar-refractivity contribution in [3.63, 3.8) is 0 Å². The lowest BCUT2D eigenvalue weighted by molar-refractivity contribution is 0.120. The van der Waals surface area contributed by atoms with Crippen molar-refractivity contribution in [2.75, 3.05) is 26.2 Å². The highest BCUT2D eigenvalue weighted by molar-refractivity contribution is 5.05. The summed E-state index contributed by atoms with van der Waals surface area (Å²) in [5.41, 5.74) is 2.32. The number of pyridine rings is 2. The van der Waals surface area contributed by atoms with E-state index in [0.717, 1.165) is 50.7 Å². The van der Waals surface area contributed by atoms with Gasteiger partial charge in [-0.2, -0.15) is 0 Å². The summed E-state index contributed by atoms with van der Waals surface area (Å²) in [7, 11) is 0. The number of piperazine rings is 1. The van der Waals surface area contributed by atoms with Crippen molar-refractivity contribution >= 4 is 0 Å². The van der Waals surface area contributed by atoms with Crippen LogP contribution in [0, 0.1) is 0 Å². The van der Waals surface area contributed by atoms with E-state index in [0.29, 0.717) is 0 Å². The van der Waals surface area contributed by atoms with E-state index >= 15 is 0 Å². The van der Waals surface area contributed by atoms with Gasteiger partial charge in [-0.05, 0) is 24.3 Å². The molecule has 0 spiro atoms. The van der Waals surface area contributed by atoms with E-state index in [9.17, 15) is 0 Å². The van der Waals surface area contributed by atoms with Gasteiger partial charge in [-0.15, -0.1) is 0 Å². The van der Waals surface area contributed by atoms with E-state index < -0.39 is 0 Å². The minimum atomic E-state index is 0.957. The summed E-state index contributed by atoms with van der Waals surface area (Å²) in [4.78, 5) is 13.7. The third-order valence-corrected chi connectivity index (χ3v) is 3.69. The quantitative estimate of drug-likeness (QED) is 0.846. The Labute approximate surface area is 120 Å². The summed E-state index contributed by atoms with van der Waals surface area (Å²) in [5, 5.41) is 0. The zero-order valence-electron chi connectivity index (χ0n) is 11.7. The molecular formula is C16H20N4. The predicted octanol–water partition coefficient (Wildman–Crippen LogP) is 1.79. The predicted molar refractivity (Wildman–Crippen MR) is 79.0 cm³/mol. The molecule has 3 heterocycles. The van der Waals surface area contributed by atoms with Crippen LogP contribution in [0.15, 0.2) is 48.8 Å². The molecule has 4 nitrogen and oxygen atoms in total. The van der Waals surface area contributed by atoms with E-state index in [1.54, 1.807) is 0 Å². The minimum absolute atomic E-state index is 0.957. The molecule has 20 heavy (non-hydrogen) atoms. The van der Waals surface area contributed by atoms with Crippen LogP contribution in [0.4, 0.5) is 0 Å². The van der Waals surface area contributed by atoms with Gasteiger partial charge in [0.05, 0.1) is 11.4 Å². The first-order valence-corrected chi connectivity index (χ1v) is 7.15. The summed E-state index contributed by atoms with van der Waals surface area (Å²) in [5.74, 6) is 0. The fourth-order valence-electron chi connectivity index (χ4n) is 2.55. The van der Waals surface area contributed by atoms with E-state index in [1.165, 1.54) is 0 Å². The van der Waals surface area contributed by atoms with Crippen LogP contribution in [-0.2, 0) is 13.1 Å². The highest BCUT2D eigenvalue weighted by Crippen LogP contribution is 2.09. The number of hydrogen-bond donors (Lipinski definition) is 0. The molecule has 0 bridgehead atoms. The summed E-state index contributed by atoms with van der Waals surface area (Å²) in [6, 6.07) is 12.2. The third kappa shape index (κ3) is 3.62. The van der Waals surface area contributed by atoms with Gasteiger partial charge in [-0.3, -0.25) is 19.8 Å². The van der Waals surface area contributed by atoms with Crippen LogP contribution in [0.25, 0.3) is 0 Å². The maximum absolute atomic E-state index is 4.39. The lowest BCUT2D eigenvalue weighted by Crippen LogP contribution is -2.45. The second-order valence-corrected chi connectivity index (χ2v) is 5.19. The molecule has 2 aromatic rings. The van der Waals surface area contributed by atoms with Gasteiger partial charge < -0.3 is 0 Å². The molecule has 0 radical (unpaired) electrons. The first-order chi connectivity index (χ1) is 9.90. The lowest BCUT2D eigenvalue weighted by Gasteiger charge is -2.34. The molecule has 1 aliphatic heterocycles. The highest BCUT2D eigenvalue weighted by Gasteiger charge is 2.17. The fourth-order valence-corrected chi connectivity index (χ4v) is 2.55. The Hall–Kier alpha value is -1.78. The zero-order chi connectivity index (χ0) is 13.6. The number of rotatable bonds is 4. The normalized spacial score (nSPS) is 17.2. The van der Waals surface area contributed by atoms with Crippen molar-refractivity contribution in [1.29, 1.82) is 0 Å². The van der Waals surface area contributed by atoms with E-state index in [4.69, 9.17) is 0 Å². The van der Waals surface area contributed by atoms with Crippen LogP contribution in [0.2, 0.25) is 0 Å². The van der Waals surface area contributed by atoms with Crippen LogP contribution in [-0.4, -0.2) is 45.9 Å². The Bertz CT molecular complexity index is 457. The van der Waals surface area contributed by atoms with Crippen LogP contribution in [0.3, 0.4) is 0 Å². The first-order valence-electron chi connectivity index (χ1n) is 7.15. The molecule has 0 saturated carbocycles. The van der Waals surface area contributed by atoms with Crippen molar-refractivity contribution < 1.29 is 0 Å². The molecule has 0 unspecified atom stereocenters. The average molecular weight is 268 g/mol. The van der Waals surface area contributed by atoms with Gasteiger partial charge in [-0.1, -0.05) is 12.1 Å². The Morgan fingerprint density at radius 2 is 1.15 bits per heavy atom. The van der Waals surface area contributed by atoms with E-state index in [1.807, 2.05) is 24.5 Å². The molecule has 3 rings (SSSR count). The number of nitrogens with zero attached hydrogens (tertiary/aromatic N) is 4. The van der Waals surface area contributed by atoms with Crippen LogP contribution in [0.1, 0.15) is 11.4 Å². The van der Waals surface area contributed by atoms with Gasteiger partial charge in [0.1, 0.15) is 0 Å². The molecule has 4 heteroatoms. The summed E-state index contributed by atoms with van der Waals surface area (Å²) < 4.78 is 0. The topological polar surface area (TPSA) is 32.3 Å². The molecule has 0 N–H and O–H groups in total. The van der Waals surface area contributed by atoms with Crippen LogP contribution in [0.5, 0.6) is 0 Å². The van der Waals surface area contributed by atoms with Gasteiger partial charge in [0, 0.05) is 51.7 Å². The van der Waals surface area contributed by atoms with Crippen molar-refractivity contribution in [2.45, 2.75) is 13.1 Å². The van der Waals surface area contributed by atoms with Crippen LogP contribution >= 0.6 is 0 Å². The molecule has 1 saturated heterocycles. The Kier molecular flexibility index (Phi) is 4.35. The smallest absolute Gasteiger partial charge is 0.0543 e. The third-order valence-electron chi connectivity index (χ3n) is 3.69.